The predicted molar refractivity (Wildman–Crippen MR) is 62.0 cm³/mol. The highest BCUT2D eigenvalue weighted by atomic mass is 16.5. The van der Waals surface area contributed by atoms with Gasteiger partial charge in [0, 0.05) is 5.92 Å². The fraction of sp³-hybridized carbons (Fsp3) is 0.846. The van der Waals surface area contributed by atoms with Gasteiger partial charge in [0.15, 0.2) is 5.82 Å². The molecule has 0 saturated heterocycles. The van der Waals surface area contributed by atoms with E-state index in [1.54, 1.807) is 0 Å². The summed E-state index contributed by atoms with van der Waals surface area (Å²) in [5.74, 6) is 2.34. The van der Waals surface area contributed by atoms with Crippen molar-refractivity contribution >= 4 is 0 Å². The van der Waals surface area contributed by atoms with Crippen molar-refractivity contribution in [1.29, 1.82) is 0 Å². The van der Waals surface area contributed by atoms with E-state index in [4.69, 9.17) is 0 Å². The zero-order valence-corrected chi connectivity index (χ0v) is 10.1. The monoisotopic (exact) mass is 221 g/mol. The van der Waals surface area contributed by atoms with E-state index in [0.717, 1.165) is 11.7 Å². The van der Waals surface area contributed by atoms with Crippen LogP contribution in [0.15, 0.2) is 4.52 Å². The van der Waals surface area contributed by atoms with Crippen molar-refractivity contribution in [3.05, 3.63) is 12.2 Å². The fourth-order valence-corrected chi connectivity index (χ4v) is 2.71. The molecule has 1 aliphatic carbocycles. The molecule has 3 nitrogen and oxygen atoms in total. The Bertz CT molecular complexity index is 276. The molecular formula is C13H21N2O. The summed E-state index contributed by atoms with van der Waals surface area (Å²) in [6.45, 7) is 2.27. The van der Waals surface area contributed by atoms with Gasteiger partial charge in [-0.3, -0.25) is 0 Å². The Morgan fingerprint density at radius 3 is 2.69 bits per heavy atom. The second-order valence-corrected chi connectivity index (χ2v) is 4.96. The van der Waals surface area contributed by atoms with Gasteiger partial charge in [0.25, 0.3) is 0 Å². The maximum atomic E-state index is 4.69. The zero-order chi connectivity index (χ0) is 11.2. The minimum absolute atomic E-state index is 0.525. The molecule has 0 aromatic carbocycles. The molecule has 1 saturated carbocycles. The van der Waals surface area contributed by atoms with Gasteiger partial charge >= 0.3 is 6.39 Å². The van der Waals surface area contributed by atoms with Crippen molar-refractivity contribution in [2.75, 3.05) is 0 Å². The predicted octanol–water partition coefficient (Wildman–Crippen LogP) is 3.72. The molecule has 1 fully saturated rings. The van der Waals surface area contributed by atoms with Crippen LogP contribution in [0.1, 0.15) is 70.0 Å². The highest BCUT2D eigenvalue weighted by molar-refractivity contribution is 4.94. The van der Waals surface area contributed by atoms with Crippen LogP contribution in [-0.4, -0.2) is 10.1 Å². The van der Waals surface area contributed by atoms with Crippen LogP contribution in [0.5, 0.6) is 0 Å². The summed E-state index contributed by atoms with van der Waals surface area (Å²) in [7, 11) is 0. The Morgan fingerprint density at radius 1 is 1.25 bits per heavy atom. The summed E-state index contributed by atoms with van der Waals surface area (Å²) in [5.41, 5.74) is 0. The number of hydrogen-bond acceptors (Lipinski definition) is 3. The molecule has 0 bridgehead atoms. The SMILES string of the molecule is CCCCCC1CCC(c2n[c]on2)CC1. The van der Waals surface area contributed by atoms with E-state index < -0.39 is 0 Å². The average molecular weight is 221 g/mol. The summed E-state index contributed by atoms with van der Waals surface area (Å²) in [5, 5.41) is 3.90. The lowest BCUT2D eigenvalue weighted by molar-refractivity contribution is 0.291. The van der Waals surface area contributed by atoms with Crippen LogP contribution in [0, 0.1) is 12.3 Å². The Kier molecular flexibility index (Phi) is 4.37. The van der Waals surface area contributed by atoms with Gasteiger partial charge < -0.3 is 4.52 Å². The van der Waals surface area contributed by atoms with E-state index in [9.17, 15) is 0 Å². The second-order valence-electron chi connectivity index (χ2n) is 4.96. The minimum Gasteiger partial charge on any atom is -0.329 e. The second kappa shape index (κ2) is 6.02. The standard InChI is InChI=1S/C13H21N2O/c1-2-3-4-5-11-6-8-12(9-7-11)13-14-10-16-15-13/h11-12H,2-9H2,1H3. The van der Waals surface area contributed by atoms with Gasteiger partial charge in [-0.2, -0.15) is 4.98 Å². The van der Waals surface area contributed by atoms with Gasteiger partial charge in [0.1, 0.15) is 0 Å². The van der Waals surface area contributed by atoms with Gasteiger partial charge in [0.05, 0.1) is 0 Å². The minimum atomic E-state index is 0.525. The highest BCUT2D eigenvalue weighted by Gasteiger charge is 2.24. The molecule has 0 N–H and O–H groups in total. The molecule has 1 aromatic heterocycles. The first-order valence-corrected chi connectivity index (χ1v) is 6.59. The molecule has 0 aliphatic heterocycles. The van der Waals surface area contributed by atoms with Crippen molar-refractivity contribution in [2.45, 2.75) is 64.2 Å². The molecule has 1 radical (unpaired) electrons. The molecule has 0 unspecified atom stereocenters. The normalized spacial score (nSPS) is 25.8. The van der Waals surface area contributed by atoms with Gasteiger partial charge in [-0.15, -0.1) is 0 Å². The number of nitrogens with zero attached hydrogens (tertiary/aromatic N) is 2. The van der Waals surface area contributed by atoms with Crippen LogP contribution >= 0.6 is 0 Å². The molecule has 0 spiro atoms. The maximum absolute atomic E-state index is 4.69. The van der Waals surface area contributed by atoms with Gasteiger partial charge in [-0.05, 0) is 31.6 Å². The first-order chi connectivity index (χ1) is 7.90. The van der Waals surface area contributed by atoms with Gasteiger partial charge in [-0.25, -0.2) is 0 Å². The summed E-state index contributed by atoms with van der Waals surface area (Å²) >= 11 is 0. The number of hydrogen-bond donors (Lipinski definition) is 0. The first kappa shape index (κ1) is 11.6. The van der Waals surface area contributed by atoms with Crippen LogP contribution in [0.4, 0.5) is 0 Å². The Labute approximate surface area is 97.6 Å². The molecule has 3 heteroatoms. The van der Waals surface area contributed by atoms with Crippen LogP contribution in [0.25, 0.3) is 0 Å². The molecule has 1 aromatic rings. The number of aromatic nitrogens is 2. The van der Waals surface area contributed by atoms with Crippen LogP contribution in [0.2, 0.25) is 0 Å². The molecule has 89 valence electrons. The number of unbranched alkanes of at least 4 members (excludes halogenated alkanes) is 2. The molecular weight excluding hydrogens is 200 g/mol. The van der Waals surface area contributed by atoms with Crippen molar-refractivity contribution < 1.29 is 4.52 Å². The van der Waals surface area contributed by atoms with Crippen molar-refractivity contribution in [3.63, 3.8) is 0 Å². The summed E-state index contributed by atoms with van der Waals surface area (Å²) < 4.78 is 4.69. The lowest BCUT2D eigenvalue weighted by Gasteiger charge is -2.26. The quantitative estimate of drug-likeness (QED) is 0.711. The molecule has 2 rings (SSSR count). The largest absolute Gasteiger partial charge is 0.329 e. The molecule has 1 aliphatic rings. The Balaban J connectivity index is 1.70. The van der Waals surface area contributed by atoms with Gasteiger partial charge in [-0.1, -0.05) is 37.8 Å². The topological polar surface area (TPSA) is 38.9 Å². The van der Waals surface area contributed by atoms with Crippen molar-refractivity contribution in [3.8, 4) is 0 Å². The highest BCUT2D eigenvalue weighted by Crippen LogP contribution is 2.36. The number of rotatable bonds is 5. The van der Waals surface area contributed by atoms with Gasteiger partial charge in [0.2, 0.25) is 0 Å². The third-order valence-corrected chi connectivity index (χ3v) is 3.77. The van der Waals surface area contributed by atoms with Crippen LogP contribution in [-0.2, 0) is 0 Å². The summed E-state index contributed by atoms with van der Waals surface area (Å²) in [6.07, 6.45) is 13.1. The third-order valence-electron chi connectivity index (χ3n) is 3.77. The first-order valence-electron chi connectivity index (χ1n) is 6.59. The summed E-state index contributed by atoms with van der Waals surface area (Å²) in [4.78, 5) is 4.04. The molecule has 0 amide bonds. The maximum Gasteiger partial charge on any atom is 0.316 e. The fourth-order valence-electron chi connectivity index (χ4n) is 2.71. The van der Waals surface area contributed by atoms with Crippen molar-refractivity contribution in [1.82, 2.24) is 10.1 Å². The lowest BCUT2D eigenvalue weighted by Crippen LogP contribution is -2.14. The van der Waals surface area contributed by atoms with Crippen LogP contribution < -0.4 is 0 Å². The van der Waals surface area contributed by atoms with Crippen molar-refractivity contribution in [2.24, 2.45) is 5.92 Å². The molecule has 16 heavy (non-hydrogen) atoms. The van der Waals surface area contributed by atoms with E-state index in [1.807, 2.05) is 0 Å². The smallest absolute Gasteiger partial charge is 0.316 e. The van der Waals surface area contributed by atoms with E-state index in [-0.39, 0.29) is 0 Å². The zero-order valence-electron chi connectivity index (χ0n) is 10.1. The summed E-state index contributed by atoms with van der Waals surface area (Å²) in [6, 6.07) is 0. The third kappa shape index (κ3) is 3.06. The Morgan fingerprint density at radius 2 is 2.06 bits per heavy atom. The Hall–Kier alpha value is -0.860. The van der Waals surface area contributed by atoms with E-state index in [0.29, 0.717) is 5.92 Å². The average Bonchev–Trinajstić information content (AvgIpc) is 2.84. The lowest BCUT2D eigenvalue weighted by atomic mass is 9.79. The molecule has 0 atom stereocenters. The van der Waals surface area contributed by atoms with E-state index in [1.165, 1.54) is 51.4 Å². The van der Waals surface area contributed by atoms with E-state index in [2.05, 4.69) is 28.0 Å². The van der Waals surface area contributed by atoms with Crippen LogP contribution in [0.3, 0.4) is 0 Å². The van der Waals surface area contributed by atoms with E-state index >= 15 is 0 Å². The molecule has 1 heterocycles.